The van der Waals surface area contributed by atoms with E-state index in [2.05, 4.69) is 5.32 Å². The molecule has 110 valence electrons. The number of nitrogens with one attached hydrogen (secondary N) is 1. The fraction of sp³-hybridized carbons (Fsp3) is 0.417. The zero-order chi connectivity index (χ0) is 15.0. The monoisotopic (exact) mass is 318 g/mol. The number of primary sulfonamides is 1. The topological polar surface area (TPSA) is 89.3 Å². The van der Waals surface area contributed by atoms with Crippen molar-refractivity contribution < 1.29 is 17.6 Å². The van der Waals surface area contributed by atoms with E-state index in [-0.39, 0.29) is 16.5 Å². The summed E-state index contributed by atoms with van der Waals surface area (Å²) >= 11 is 1.50. The molecule has 0 radical (unpaired) electrons. The van der Waals surface area contributed by atoms with Crippen molar-refractivity contribution in [1.29, 1.82) is 0 Å². The quantitative estimate of drug-likeness (QED) is 0.887. The molecule has 1 heterocycles. The molecule has 1 unspecified atom stereocenters. The molecule has 0 bridgehead atoms. The van der Waals surface area contributed by atoms with Crippen molar-refractivity contribution >= 4 is 33.4 Å². The molecule has 1 fully saturated rings. The van der Waals surface area contributed by atoms with Crippen LogP contribution in [0, 0.1) is 5.82 Å². The number of amides is 1. The van der Waals surface area contributed by atoms with Gasteiger partial charge in [0.05, 0.1) is 10.4 Å². The third kappa shape index (κ3) is 3.13. The van der Waals surface area contributed by atoms with E-state index in [9.17, 15) is 17.6 Å². The number of anilines is 1. The average molecular weight is 318 g/mol. The minimum atomic E-state index is -4.03. The standard InChI is InChI=1S/C12H15FN2O3S2/c1-12(5-2-6-19-12)11(16)15-9-7-8(13)3-4-10(9)20(14,17)18/h3-4,7H,2,5-6H2,1H3,(H,15,16)(H2,14,17,18). The van der Waals surface area contributed by atoms with E-state index in [1.54, 1.807) is 6.92 Å². The lowest BCUT2D eigenvalue weighted by Gasteiger charge is -2.22. The Bertz CT molecular complexity index is 640. The highest BCUT2D eigenvalue weighted by Crippen LogP contribution is 2.39. The third-order valence-corrected chi connectivity index (χ3v) is 5.68. The molecule has 1 atom stereocenters. The minimum Gasteiger partial charge on any atom is -0.324 e. The van der Waals surface area contributed by atoms with E-state index < -0.39 is 20.6 Å². The summed E-state index contributed by atoms with van der Waals surface area (Å²) in [6.45, 7) is 1.79. The van der Waals surface area contributed by atoms with E-state index in [0.717, 1.165) is 30.4 Å². The molecule has 0 saturated carbocycles. The number of carbonyl (C=O) groups is 1. The van der Waals surface area contributed by atoms with Crippen LogP contribution in [0.4, 0.5) is 10.1 Å². The Kier molecular flexibility index (Phi) is 4.08. The highest BCUT2D eigenvalue weighted by molar-refractivity contribution is 8.01. The number of benzene rings is 1. The molecule has 1 saturated heterocycles. The molecule has 3 N–H and O–H groups in total. The third-order valence-electron chi connectivity index (χ3n) is 3.20. The van der Waals surface area contributed by atoms with Gasteiger partial charge in [-0.2, -0.15) is 0 Å². The smallest absolute Gasteiger partial charge is 0.240 e. The summed E-state index contributed by atoms with van der Waals surface area (Å²) in [6.07, 6.45) is 1.61. The van der Waals surface area contributed by atoms with Crippen molar-refractivity contribution in [3.8, 4) is 0 Å². The summed E-state index contributed by atoms with van der Waals surface area (Å²) in [6, 6.07) is 2.99. The maximum atomic E-state index is 13.3. The molecule has 2 rings (SSSR count). The van der Waals surface area contributed by atoms with Gasteiger partial charge < -0.3 is 5.32 Å². The van der Waals surface area contributed by atoms with Crippen LogP contribution in [0.3, 0.4) is 0 Å². The van der Waals surface area contributed by atoms with Crippen molar-refractivity contribution in [3.63, 3.8) is 0 Å². The van der Waals surface area contributed by atoms with Crippen LogP contribution >= 0.6 is 11.8 Å². The van der Waals surface area contributed by atoms with Crippen LogP contribution in [0.2, 0.25) is 0 Å². The molecular weight excluding hydrogens is 303 g/mol. The number of hydrogen-bond donors (Lipinski definition) is 2. The van der Waals surface area contributed by atoms with E-state index in [4.69, 9.17) is 5.14 Å². The summed E-state index contributed by atoms with van der Waals surface area (Å²) in [5, 5.41) is 7.54. The maximum absolute atomic E-state index is 13.3. The number of rotatable bonds is 3. The summed E-state index contributed by atoms with van der Waals surface area (Å²) in [5.41, 5.74) is -0.119. The Morgan fingerprint density at radius 3 is 2.75 bits per heavy atom. The number of halogens is 1. The van der Waals surface area contributed by atoms with Gasteiger partial charge in [0, 0.05) is 0 Å². The average Bonchev–Trinajstić information content (AvgIpc) is 2.76. The first kappa shape index (κ1) is 15.3. The first-order valence-electron chi connectivity index (χ1n) is 6.00. The molecule has 0 aromatic heterocycles. The number of thioether (sulfide) groups is 1. The molecule has 1 aliphatic heterocycles. The zero-order valence-electron chi connectivity index (χ0n) is 10.8. The second-order valence-corrected chi connectivity index (χ2v) is 7.95. The highest BCUT2D eigenvalue weighted by atomic mass is 32.2. The molecular formula is C12H15FN2O3S2. The zero-order valence-corrected chi connectivity index (χ0v) is 12.5. The van der Waals surface area contributed by atoms with Gasteiger partial charge in [0.1, 0.15) is 10.7 Å². The Labute approximate surface area is 121 Å². The second kappa shape index (κ2) is 5.34. The predicted octanol–water partition coefficient (Wildman–Crippen LogP) is 1.70. The predicted molar refractivity (Wildman–Crippen MR) is 76.5 cm³/mol. The van der Waals surface area contributed by atoms with E-state index in [1.165, 1.54) is 11.8 Å². The van der Waals surface area contributed by atoms with Gasteiger partial charge in [-0.3, -0.25) is 4.79 Å². The SMILES string of the molecule is CC1(C(=O)Nc2cc(F)ccc2S(N)(=O)=O)CCCS1. The Morgan fingerprint density at radius 2 is 2.20 bits per heavy atom. The molecule has 1 amide bonds. The Balaban J connectivity index is 2.33. The molecule has 20 heavy (non-hydrogen) atoms. The van der Waals surface area contributed by atoms with Crippen LogP contribution in [-0.4, -0.2) is 24.8 Å². The molecule has 1 aromatic rings. The van der Waals surface area contributed by atoms with Crippen LogP contribution in [0.25, 0.3) is 0 Å². The van der Waals surface area contributed by atoms with Crippen LogP contribution in [-0.2, 0) is 14.8 Å². The lowest BCUT2D eigenvalue weighted by atomic mass is 10.0. The number of carbonyl (C=O) groups excluding carboxylic acids is 1. The van der Waals surface area contributed by atoms with Gasteiger partial charge in [-0.1, -0.05) is 0 Å². The second-order valence-electron chi connectivity index (χ2n) is 4.82. The fourth-order valence-corrected chi connectivity index (χ4v) is 3.94. The Morgan fingerprint density at radius 1 is 1.50 bits per heavy atom. The van der Waals surface area contributed by atoms with Crippen molar-refractivity contribution in [2.45, 2.75) is 29.4 Å². The number of nitrogens with two attached hydrogens (primary N) is 1. The summed E-state index contributed by atoms with van der Waals surface area (Å²) in [5.74, 6) is -0.109. The summed E-state index contributed by atoms with van der Waals surface area (Å²) < 4.78 is 35.5. The maximum Gasteiger partial charge on any atom is 0.240 e. The molecule has 1 aliphatic rings. The van der Waals surface area contributed by atoms with Crippen LogP contribution in [0.5, 0.6) is 0 Å². The van der Waals surface area contributed by atoms with Gasteiger partial charge in [-0.25, -0.2) is 17.9 Å². The normalized spacial score (nSPS) is 22.8. The molecule has 0 aliphatic carbocycles. The van der Waals surface area contributed by atoms with Gasteiger partial charge in [-0.05, 0) is 43.7 Å². The lowest BCUT2D eigenvalue weighted by molar-refractivity contribution is -0.118. The first-order valence-corrected chi connectivity index (χ1v) is 8.53. The van der Waals surface area contributed by atoms with Crippen LogP contribution in [0.15, 0.2) is 23.1 Å². The van der Waals surface area contributed by atoms with E-state index in [0.29, 0.717) is 6.42 Å². The van der Waals surface area contributed by atoms with Gasteiger partial charge in [0.15, 0.2) is 0 Å². The lowest BCUT2D eigenvalue weighted by Crippen LogP contribution is -2.35. The first-order chi connectivity index (χ1) is 9.22. The van der Waals surface area contributed by atoms with Crippen molar-refractivity contribution in [2.24, 2.45) is 5.14 Å². The van der Waals surface area contributed by atoms with Crippen LogP contribution in [0.1, 0.15) is 19.8 Å². The van der Waals surface area contributed by atoms with Gasteiger partial charge >= 0.3 is 0 Å². The van der Waals surface area contributed by atoms with Crippen molar-refractivity contribution in [3.05, 3.63) is 24.0 Å². The van der Waals surface area contributed by atoms with Crippen molar-refractivity contribution in [1.82, 2.24) is 0 Å². The largest absolute Gasteiger partial charge is 0.324 e. The van der Waals surface area contributed by atoms with Gasteiger partial charge in [0.25, 0.3) is 0 Å². The highest BCUT2D eigenvalue weighted by Gasteiger charge is 2.37. The van der Waals surface area contributed by atoms with Crippen LogP contribution < -0.4 is 10.5 Å². The summed E-state index contributed by atoms with van der Waals surface area (Å²) in [7, 11) is -4.03. The fourth-order valence-electron chi connectivity index (χ4n) is 2.06. The minimum absolute atomic E-state index is 0.119. The summed E-state index contributed by atoms with van der Waals surface area (Å²) in [4.78, 5) is 11.9. The number of hydrogen-bond acceptors (Lipinski definition) is 4. The van der Waals surface area contributed by atoms with E-state index in [1.807, 2.05) is 0 Å². The molecule has 1 aromatic carbocycles. The molecule has 0 spiro atoms. The van der Waals surface area contributed by atoms with Gasteiger partial charge in [-0.15, -0.1) is 11.8 Å². The van der Waals surface area contributed by atoms with Crippen molar-refractivity contribution in [2.75, 3.05) is 11.1 Å². The number of sulfonamides is 1. The molecule has 8 heteroatoms. The van der Waals surface area contributed by atoms with E-state index >= 15 is 0 Å². The molecule has 5 nitrogen and oxygen atoms in total. The van der Waals surface area contributed by atoms with Gasteiger partial charge in [0.2, 0.25) is 15.9 Å². The Hall–Kier alpha value is -1.12.